The molecule has 4 nitrogen and oxygen atoms in total. The van der Waals surface area contributed by atoms with Gasteiger partial charge in [-0.2, -0.15) is 18.3 Å². The summed E-state index contributed by atoms with van der Waals surface area (Å²) < 4.78 is 47.1. The van der Waals surface area contributed by atoms with Gasteiger partial charge in [-0.25, -0.2) is 4.68 Å². The van der Waals surface area contributed by atoms with Crippen molar-refractivity contribution in [2.75, 3.05) is 14.1 Å². The number of nitrogens with zero attached hydrogens (tertiary/aromatic N) is 3. The van der Waals surface area contributed by atoms with Crippen molar-refractivity contribution in [2.45, 2.75) is 38.5 Å². The Hall–Kier alpha value is -2.38. The van der Waals surface area contributed by atoms with Crippen LogP contribution in [0.3, 0.4) is 0 Å². The predicted octanol–water partition coefficient (Wildman–Crippen LogP) is 7.42. The van der Waals surface area contributed by atoms with E-state index in [0.717, 1.165) is 36.4 Å². The van der Waals surface area contributed by atoms with E-state index in [0.29, 0.717) is 17.6 Å². The zero-order valence-electron chi connectivity index (χ0n) is 18.9. The van der Waals surface area contributed by atoms with Crippen LogP contribution in [0.2, 0.25) is 10.0 Å². The lowest BCUT2D eigenvalue weighted by Gasteiger charge is -2.31. The third-order valence-electron chi connectivity index (χ3n) is 6.32. The Morgan fingerprint density at radius 3 is 2.44 bits per heavy atom. The summed E-state index contributed by atoms with van der Waals surface area (Å²) in [4.78, 5) is 2.17. The molecule has 0 radical (unpaired) electrons. The minimum Gasteiger partial charge on any atom is -0.488 e. The molecule has 2 atom stereocenters. The Labute approximate surface area is 207 Å². The molecule has 1 aromatic heterocycles. The molecule has 2 aliphatic rings. The maximum atomic E-state index is 13.4. The number of halogens is 5. The molecule has 34 heavy (non-hydrogen) atoms. The van der Waals surface area contributed by atoms with E-state index in [2.05, 4.69) is 36.2 Å². The lowest BCUT2D eigenvalue weighted by atomic mass is 9.79. The van der Waals surface area contributed by atoms with Crippen LogP contribution in [0.25, 0.3) is 5.69 Å². The van der Waals surface area contributed by atoms with Crippen molar-refractivity contribution in [3.8, 4) is 5.69 Å². The van der Waals surface area contributed by atoms with Gasteiger partial charge >= 0.3 is 6.18 Å². The average Bonchev–Trinajstić information content (AvgIpc) is 3.22. The largest absolute Gasteiger partial charge is 0.488 e. The molecular weight excluding hydrogens is 486 g/mol. The molecule has 0 saturated heterocycles. The van der Waals surface area contributed by atoms with Crippen molar-refractivity contribution in [1.29, 1.82) is 0 Å². The molecule has 0 N–H and O–H groups in total. The van der Waals surface area contributed by atoms with Gasteiger partial charge in [0.25, 0.3) is 0 Å². The van der Waals surface area contributed by atoms with Crippen molar-refractivity contribution >= 4 is 23.2 Å². The maximum absolute atomic E-state index is 13.4. The van der Waals surface area contributed by atoms with Gasteiger partial charge in [0, 0.05) is 19.8 Å². The second kappa shape index (κ2) is 10.1. The van der Waals surface area contributed by atoms with Gasteiger partial charge in [-0.1, -0.05) is 41.4 Å². The highest BCUT2D eigenvalue weighted by Gasteiger charge is 2.35. The topological polar surface area (TPSA) is 30.3 Å². The lowest BCUT2D eigenvalue weighted by Crippen LogP contribution is -2.21. The van der Waals surface area contributed by atoms with E-state index in [1.807, 2.05) is 12.2 Å². The first kappa shape index (κ1) is 24.7. The minimum atomic E-state index is -4.61. The van der Waals surface area contributed by atoms with Crippen LogP contribution in [0.4, 0.5) is 13.2 Å². The molecule has 2 unspecified atom stereocenters. The van der Waals surface area contributed by atoms with E-state index >= 15 is 0 Å². The lowest BCUT2D eigenvalue weighted by molar-refractivity contribution is -0.141. The Bertz CT molecular complexity index is 1110. The molecule has 0 saturated carbocycles. The summed E-state index contributed by atoms with van der Waals surface area (Å²) in [6, 6.07) is 5.69. The van der Waals surface area contributed by atoms with E-state index in [1.165, 1.54) is 5.70 Å². The number of benzene rings is 1. The van der Waals surface area contributed by atoms with Gasteiger partial charge in [0.2, 0.25) is 0 Å². The smallest absolute Gasteiger partial charge is 0.435 e. The first-order valence-corrected chi connectivity index (χ1v) is 11.9. The SMILES string of the molecule is CN(C)C1=CCC(C2C=CC(OCc3cc(C(F)(F)F)nn3-c3c(Cl)cccc3Cl)=CC2)CC1. The number of aromatic nitrogens is 2. The molecular formula is C25H26Cl2F3N3O. The molecule has 0 aliphatic heterocycles. The molecule has 2 aliphatic carbocycles. The molecule has 4 rings (SSSR count). The first-order chi connectivity index (χ1) is 16.1. The van der Waals surface area contributed by atoms with Crippen LogP contribution in [0, 0.1) is 11.8 Å². The van der Waals surface area contributed by atoms with Crippen molar-refractivity contribution < 1.29 is 17.9 Å². The first-order valence-electron chi connectivity index (χ1n) is 11.1. The van der Waals surface area contributed by atoms with Gasteiger partial charge in [0.15, 0.2) is 5.69 Å². The molecule has 9 heteroatoms. The van der Waals surface area contributed by atoms with E-state index in [1.54, 1.807) is 18.2 Å². The average molecular weight is 512 g/mol. The molecule has 0 fully saturated rings. The van der Waals surface area contributed by atoms with E-state index < -0.39 is 11.9 Å². The predicted molar refractivity (Wildman–Crippen MR) is 128 cm³/mol. The van der Waals surface area contributed by atoms with Crippen molar-refractivity contribution in [3.63, 3.8) is 0 Å². The van der Waals surface area contributed by atoms with Crippen LogP contribution in [0.15, 0.2) is 60.0 Å². The summed E-state index contributed by atoms with van der Waals surface area (Å²) >= 11 is 12.5. The Balaban J connectivity index is 1.46. The molecule has 0 spiro atoms. The van der Waals surface area contributed by atoms with Gasteiger partial charge in [-0.15, -0.1) is 0 Å². The van der Waals surface area contributed by atoms with E-state index in [-0.39, 0.29) is 28.0 Å². The van der Waals surface area contributed by atoms with E-state index in [4.69, 9.17) is 27.9 Å². The summed E-state index contributed by atoms with van der Waals surface area (Å²) in [6.07, 6.45) is 7.87. The summed E-state index contributed by atoms with van der Waals surface area (Å²) in [5, 5.41) is 4.12. The standard InChI is InChI=1S/C25H26Cl2F3N3O/c1-32(2)18-10-6-16(7-11-18)17-8-12-20(13-9-17)34-15-19-14-23(25(28,29)30)31-33(19)24-21(26)4-3-5-22(24)27/h3-5,8,10,12-14,16-17H,6-7,9,11,15H2,1-2H3. The third-order valence-corrected chi connectivity index (χ3v) is 6.93. The second-order valence-corrected chi connectivity index (χ2v) is 9.59. The van der Waals surface area contributed by atoms with Crippen LogP contribution >= 0.6 is 23.2 Å². The van der Waals surface area contributed by atoms with Crippen LogP contribution < -0.4 is 0 Å². The van der Waals surface area contributed by atoms with Gasteiger partial charge in [0.1, 0.15) is 18.1 Å². The zero-order chi connectivity index (χ0) is 24.5. The van der Waals surface area contributed by atoms with Gasteiger partial charge < -0.3 is 9.64 Å². The number of allylic oxidation sites excluding steroid dienone is 5. The normalized spacial score (nSPS) is 20.7. The maximum Gasteiger partial charge on any atom is 0.435 e. The second-order valence-electron chi connectivity index (χ2n) is 8.78. The van der Waals surface area contributed by atoms with Gasteiger partial charge in [0.05, 0.1) is 15.7 Å². The Kier molecular flexibility index (Phi) is 7.33. The van der Waals surface area contributed by atoms with Crippen molar-refractivity contribution in [2.24, 2.45) is 11.8 Å². The quantitative estimate of drug-likeness (QED) is 0.404. The number of hydrogen-bond donors (Lipinski definition) is 0. The number of rotatable bonds is 6. The van der Waals surface area contributed by atoms with Crippen LogP contribution in [-0.4, -0.2) is 28.8 Å². The highest BCUT2D eigenvalue weighted by molar-refractivity contribution is 6.37. The summed E-state index contributed by atoms with van der Waals surface area (Å²) in [5.74, 6) is 1.63. The monoisotopic (exact) mass is 511 g/mol. The van der Waals surface area contributed by atoms with Crippen molar-refractivity contribution in [3.05, 3.63) is 81.5 Å². The molecule has 182 valence electrons. The highest BCUT2D eigenvalue weighted by atomic mass is 35.5. The molecule has 0 bridgehead atoms. The third kappa shape index (κ3) is 5.47. The fourth-order valence-electron chi connectivity index (χ4n) is 4.41. The Morgan fingerprint density at radius 2 is 1.88 bits per heavy atom. The number of alkyl halides is 3. The van der Waals surface area contributed by atoms with Crippen LogP contribution in [0.5, 0.6) is 0 Å². The highest BCUT2D eigenvalue weighted by Crippen LogP contribution is 2.36. The number of hydrogen-bond acceptors (Lipinski definition) is 3. The summed E-state index contributed by atoms with van der Waals surface area (Å²) in [6.45, 7) is -0.107. The van der Waals surface area contributed by atoms with Crippen molar-refractivity contribution in [1.82, 2.24) is 14.7 Å². The van der Waals surface area contributed by atoms with Crippen LogP contribution in [0.1, 0.15) is 37.1 Å². The molecule has 2 aromatic rings. The fraction of sp³-hybridized carbons (Fsp3) is 0.400. The summed E-state index contributed by atoms with van der Waals surface area (Å²) in [7, 11) is 4.14. The minimum absolute atomic E-state index is 0.107. The van der Waals surface area contributed by atoms with E-state index in [9.17, 15) is 13.2 Å². The van der Waals surface area contributed by atoms with Gasteiger partial charge in [-0.3, -0.25) is 0 Å². The fourth-order valence-corrected chi connectivity index (χ4v) is 4.97. The van der Waals surface area contributed by atoms with Gasteiger partial charge in [-0.05, 0) is 67.9 Å². The molecule has 0 amide bonds. The number of ether oxygens (including phenoxy) is 1. The zero-order valence-corrected chi connectivity index (χ0v) is 20.5. The summed E-state index contributed by atoms with van der Waals surface area (Å²) in [5.41, 5.74) is 0.741. The van der Waals surface area contributed by atoms with Crippen LogP contribution in [-0.2, 0) is 17.5 Å². The number of para-hydroxylation sites is 1. The molecule has 1 aromatic carbocycles. The Morgan fingerprint density at radius 1 is 1.15 bits per heavy atom. The molecule has 1 heterocycles.